The van der Waals surface area contributed by atoms with Gasteiger partial charge in [0.2, 0.25) is 5.91 Å². The van der Waals surface area contributed by atoms with E-state index in [-0.39, 0.29) is 5.91 Å². The molecule has 0 aliphatic carbocycles. The Morgan fingerprint density at radius 3 is 2.53 bits per heavy atom. The van der Waals surface area contributed by atoms with Crippen LogP contribution in [0.1, 0.15) is 26.7 Å². The zero-order chi connectivity index (χ0) is 11.3. The van der Waals surface area contributed by atoms with Crippen LogP contribution in [0.4, 0.5) is 0 Å². The Labute approximate surface area is 91.8 Å². The third kappa shape index (κ3) is 3.80. The van der Waals surface area contributed by atoms with Crippen molar-refractivity contribution in [1.82, 2.24) is 10.6 Å². The fourth-order valence-corrected chi connectivity index (χ4v) is 1.52. The molecule has 1 rings (SSSR count). The quantitative estimate of drug-likeness (QED) is 0.717. The standard InChI is InChI=1S/C11H22N2O2/c1-11(2,12-3)10(14)13-8-9-4-6-15-7-5-9/h9,12H,4-8H2,1-3H3,(H,13,14). The number of nitrogens with one attached hydrogen (secondary N) is 2. The number of hydrogen-bond acceptors (Lipinski definition) is 3. The summed E-state index contributed by atoms with van der Waals surface area (Å²) < 4.78 is 5.27. The van der Waals surface area contributed by atoms with Crippen LogP contribution in [0.5, 0.6) is 0 Å². The second-order valence-corrected chi connectivity index (χ2v) is 4.64. The van der Waals surface area contributed by atoms with E-state index in [0.717, 1.165) is 32.6 Å². The van der Waals surface area contributed by atoms with Gasteiger partial charge in [-0.25, -0.2) is 0 Å². The molecule has 4 nitrogen and oxygen atoms in total. The summed E-state index contributed by atoms with van der Waals surface area (Å²) in [4.78, 5) is 11.7. The van der Waals surface area contributed by atoms with Crippen molar-refractivity contribution < 1.29 is 9.53 Å². The number of likely N-dealkylation sites (N-methyl/N-ethyl adjacent to an activating group) is 1. The minimum absolute atomic E-state index is 0.0662. The molecule has 15 heavy (non-hydrogen) atoms. The molecule has 4 heteroatoms. The first-order chi connectivity index (χ1) is 7.06. The molecule has 0 aromatic rings. The van der Waals surface area contributed by atoms with Crippen molar-refractivity contribution >= 4 is 5.91 Å². The molecule has 0 aromatic carbocycles. The molecule has 0 spiro atoms. The SMILES string of the molecule is CNC(C)(C)C(=O)NCC1CCOCC1. The zero-order valence-electron chi connectivity index (χ0n) is 9.93. The maximum Gasteiger partial charge on any atom is 0.239 e. The molecule has 1 amide bonds. The van der Waals surface area contributed by atoms with Crippen LogP contribution in [0.25, 0.3) is 0 Å². The molecule has 1 aliphatic heterocycles. The molecule has 0 atom stereocenters. The van der Waals surface area contributed by atoms with E-state index in [1.54, 1.807) is 7.05 Å². The molecule has 0 radical (unpaired) electrons. The smallest absolute Gasteiger partial charge is 0.239 e. The summed E-state index contributed by atoms with van der Waals surface area (Å²) >= 11 is 0. The first-order valence-corrected chi connectivity index (χ1v) is 5.61. The van der Waals surface area contributed by atoms with Crippen LogP contribution in [0.2, 0.25) is 0 Å². The molecule has 88 valence electrons. The number of amides is 1. The number of carbonyl (C=O) groups is 1. The average molecular weight is 214 g/mol. The molecule has 1 heterocycles. The lowest BCUT2D eigenvalue weighted by molar-refractivity contribution is -0.126. The zero-order valence-corrected chi connectivity index (χ0v) is 9.93. The molecule has 2 N–H and O–H groups in total. The van der Waals surface area contributed by atoms with Crippen molar-refractivity contribution in [3.63, 3.8) is 0 Å². The third-order valence-electron chi connectivity index (χ3n) is 3.08. The van der Waals surface area contributed by atoms with Crippen LogP contribution in [0.15, 0.2) is 0 Å². The minimum Gasteiger partial charge on any atom is -0.381 e. The number of carbonyl (C=O) groups excluding carboxylic acids is 1. The van der Waals surface area contributed by atoms with Crippen molar-refractivity contribution in [2.24, 2.45) is 5.92 Å². The van der Waals surface area contributed by atoms with Gasteiger partial charge in [0.25, 0.3) is 0 Å². The predicted molar refractivity (Wildman–Crippen MR) is 59.7 cm³/mol. The van der Waals surface area contributed by atoms with Crippen LogP contribution in [0, 0.1) is 5.92 Å². The molecule has 1 aliphatic rings. The number of rotatable bonds is 4. The van der Waals surface area contributed by atoms with E-state index >= 15 is 0 Å². The van der Waals surface area contributed by atoms with Gasteiger partial charge < -0.3 is 15.4 Å². The van der Waals surface area contributed by atoms with Crippen molar-refractivity contribution in [3.05, 3.63) is 0 Å². The largest absolute Gasteiger partial charge is 0.381 e. The Balaban J connectivity index is 2.26. The van der Waals surface area contributed by atoms with E-state index in [2.05, 4.69) is 10.6 Å². The highest BCUT2D eigenvalue weighted by molar-refractivity contribution is 5.85. The van der Waals surface area contributed by atoms with Crippen LogP contribution < -0.4 is 10.6 Å². The molecule has 0 saturated carbocycles. The van der Waals surface area contributed by atoms with Gasteiger partial charge in [-0.1, -0.05) is 0 Å². The molecular formula is C11H22N2O2. The van der Waals surface area contributed by atoms with E-state index in [4.69, 9.17) is 4.74 Å². The van der Waals surface area contributed by atoms with Gasteiger partial charge in [0, 0.05) is 19.8 Å². The highest BCUT2D eigenvalue weighted by Gasteiger charge is 2.25. The van der Waals surface area contributed by atoms with E-state index in [0.29, 0.717) is 5.92 Å². The Kier molecular flexibility index (Phi) is 4.54. The van der Waals surface area contributed by atoms with Gasteiger partial charge in [0.1, 0.15) is 0 Å². The normalized spacial score (nSPS) is 18.9. The summed E-state index contributed by atoms with van der Waals surface area (Å²) in [6, 6.07) is 0. The summed E-state index contributed by atoms with van der Waals surface area (Å²) in [6.45, 7) is 6.19. The fourth-order valence-electron chi connectivity index (χ4n) is 1.52. The lowest BCUT2D eigenvalue weighted by atomic mass is 9.99. The van der Waals surface area contributed by atoms with Gasteiger partial charge in [-0.15, -0.1) is 0 Å². The molecule has 0 aromatic heterocycles. The Morgan fingerprint density at radius 1 is 1.40 bits per heavy atom. The molecule has 1 saturated heterocycles. The first-order valence-electron chi connectivity index (χ1n) is 5.61. The van der Waals surface area contributed by atoms with Crippen LogP contribution in [0.3, 0.4) is 0 Å². The maximum atomic E-state index is 11.7. The van der Waals surface area contributed by atoms with Gasteiger partial charge in [-0.3, -0.25) is 4.79 Å². The van der Waals surface area contributed by atoms with Crippen LogP contribution in [-0.2, 0) is 9.53 Å². The Hall–Kier alpha value is -0.610. The Bertz CT molecular complexity index is 211. The monoisotopic (exact) mass is 214 g/mol. The lowest BCUT2D eigenvalue weighted by Crippen LogP contribution is -2.52. The third-order valence-corrected chi connectivity index (χ3v) is 3.08. The first kappa shape index (κ1) is 12.5. The lowest BCUT2D eigenvalue weighted by Gasteiger charge is -2.26. The van der Waals surface area contributed by atoms with E-state index < -0.39 is 5.54 Å². The summed E-state index contributed by atoms with van der Waals surface area (Å²) in [5, 5.41) is 5.98. The summed E-state index contributed by atoms with van der Waals surface area (Å²) in [7, 11) is 1.80. The van der Waals surface area contributed by atoms with Gasteiger partial charge in [0.15, 0.2) is 0 Å². The number of hydrogen-bond donors (Lipinski definition) is 2. The van der Waals surface area contributed by atoms with Crippen LogP contribution >= 0.6 is 0 Å². The Morgan fingerprint density at radius 2 is 2.00 bits per heavy atom. The van der Waals surface area contributed by atoms with Crippen molar-refractivity contribution in [2.75, 3.05) is 26.8 Å². The van der Waals surface area contributed by atoms with Gasteiger partial charge in [0.05, 0.1) is 5.54 Å². The van der Waals surface area contributed by atoms with Crippen molar-refractivity contribution in [1.29, 1.82) is 0 Å². The summed E-state index contributed by atoms with van der Waals surface area (Å²) in [5.74, 6) is 0.645. The molecular weight excluding hydrogens is 192 g/mol. The van der Waals surface area contributed by atoms with Crippen LogP contribution in [-0.4, -0.2) is 38.3 Å². The predicted octanol–water partition coefficient (Wildman–Crippen LogP) is 0.527. The highest BCUT2D eigenvalue weighted by Crippen LogP contribution is 2.13. The van der Waals surface area contributed by atoms with E-state index in [9.17, 15) is 4.79 Å². The van der Waals surface area contributed by atoms with Gasteiger partial charge in [-0.05, 0) is 39.7 Å². The fraction of sp³-hybridized carbons (Fsp3) is 0.909. The highest BCUT2D eigenvalue weighted by atomic mass is 16.5. The number of ether oxygens (including phenoxy) is 1. The summed E-state index contributed by atoms with van der Waals surface area (Å²) in [6.07, 6.45) is 2.11. The van der Waals surface area contributed by atoms with Crippen molar-refractivity contribution in [2.45, 2.75) is 32.2 Å². The average Bonchev–Trinajstić information content (AvgIpc) is 2.27. The van der Waals surface area contributed by atoms with Gasteiger partial charge in [-0.2, -0.15) is 0 Å². The van der Waals surface area contributed by atoms with E-state index in [1.165, 1.54) is 0 Å². The maximum absolute atomic E-state index is 11.7. The van der Waals surface area contributed by atoms with Crippen molar-refractivity contribution in [3.8, 4) is 0 Å². The molecule has 0 bridgehead atoms. The molecule has 0 unspecified atom stereocenters. The summed E-state index contributed by atoms with van der Waals surface area (Å²) in [5.41, 5.74) is -0.481. The second kappa shape index (κ2) is 5.47. The topological polar surface area (TPSA) is 50.4 Å². The molecule has 1 fully saturated rings. The minimum atomic E-state index is -0.481. The second-order valence-electron chi connectivity index (χ2n) is 4.64. The van der Waals surface area contributed by atoms with Gasteiger partial charge >= 0.3 is 0 Å². The van der Waals surface area contributed by atoms with E-state index in [1.807, 2.05) is 13.8 Å².